The van der Waals surface area contributed by atoms with E-state index in [0.717, 1.165) is 19.8 Å². The van der Waals surface area contributed by atoms with Gasteiger partial charge in [0.25, 0.3) is 0 Å². The molecule has 0 saturated carbocycles. The molecule has 0 radical (unpaired) electrons. The Bertz CT molecular complexity index is 169. The molecule has 1 saturated heterocycles. The fourth-order valence-electron chi connectivity index (χ4n) is 1.51. The van der Waals surface area contributed by atoms with Crippen LogP contribution in [-0.2, 0) is 4.74 Å². The lowest BCUT2D eigenvalue weighted by atomic mass is 10.1. The minimum absolute atomic E-state index is 0.572. The molecule has 1 atom stereocenters. The van der Waals surface area contributed by atoms with E-state index < -0.39 is 0 Å². The van der Waals surface area contributed by atoms with Crippen LogP contribution in [0.15, 0.2) is 11.6 Å². The molecule has 0 bridgehead atoms. The Kier molecular flexibility index (Phi) is 4.46. The number of hydrogen-bond donors (Lipinski definition) is 1. The summed E-state index contributed by atoms with van der Waals surface area (Å²) < 4.78 is 5.32. The van der Waals surface area contributed by atoms with E-state index >= 15 is 0 Å². The van der Waals surface area contributed by atoms with Gasteiger partial charge in [-0.1, -0.05) is 25.5 Å². The van der Waals surface area contributed by atoms with E-state index in [-0.39, 0.29) is 0 Å². The summed E-state index contributed by atoms with van der Waals surface area (Å²) in [5.41, 5.74) is 1.43. The monoisotopic (exact) mass is 183 g/mol. The maximum absolute atomic E-state index is 5.32. The first-order valence-corrected chi connectivity index (χ1v) is 5.17. The van der Waals surface area contributed by atoms with Crippen molar-refractivity contribution in [3.63, 3.8) is 0 Å². The first-order chi connectivity index (χ1) is 6.18. The summed E-state index contributed by atoms with van der Waals surface area (Å²) in [6, 6.07) is 0.572. The van der Waals surface area contributed by atoms with Gasteiger partial charge in [-0.3, -0.25) is 0 Å². The highest BCUT2D eigenvalue weighted by Crippen LogP contribution is 2.15. The summed E-state index contributed by atoms with van der Waals surface area (Å²) in [5, 5.41) is 3.41. The van der Waals surface area contributed by atoms with Gasteiger partial charge in [0.1, 0.15) is 0 Å². The van der Waals surface area contributed by atoms with Crippen molar-refractivity contribution in [2.45, 2.75) is 33.2 Å². The van der Waals surface area contributed by atoms with Crippen molar-refractivity contribution in [3.05, 3.63) is 11.6 Å². The van der Waals surface area contributed by atoms with E-state index in [9.17, 15) is 0 Å². The van der Waals surface area contributed by atoms with Crippen LogP contribution in [0.1, 0.15) is 27.2 Å². The molecule has 76 valence electrons. The SMILES string of the molecule is CC(=CC1CCOC1)CNC(C)C. The Morgan fingerprint density at radius 3 is 2.92 bits per heavy atom. The van der Waals surface area contributed by atoms with Gasteiger partial charge in [0, 0.05) is 25.1 Å². The van der Waals surface area contributed by atoms with Crippen LogP contribution in [0.25, 0.3) is 0 Å². The molecular weight excluding hydrogens is 162 g/mol. The van der Waals surface area contributed by atoms with Gasteiger partial charge in [-0.15, -0.1) is 0 Å². The Morgan fingerprint density at radius 2 is 2.38 bits per heavy atom. The second-order valence-corrected chi connectivity index (χ2v) is 4.17. The van der Waals surface area contributed by atoms with E-state index in [1.54, 1.807) is 0 Å². The molecule has 0 aromatic heterocycles. The van der Waals surface area contributed by atoms with E-state index in [0.29, 0.717) is 12.0 Å². The van der Waals surface area contributed by atoms with Crippen LogP contribution < -0.4 is 5.32 Å². The standard InChI is InChI=1S/C11H21NO/c1-9(2)12-7-10(3)6-11-4-5-13-8-11/h6,9,11-12H,4-5,7-8H2,1-3H3. The molecule has 1 rings (SSSR count). The smallest absolute Gasteiger partial charge is 0.0529 e. The Morgan fingerprint density at radius 1 is 1.62 bits per heavy atom. The maximum Gasteiger partial charge on any atom is 0.0529 e. The summed E-state index contributed by atoms with van der Waals surface area (Å²) in [4.78, 5) is 0. The average molecular weight is 183 g/mol. The molecule has 2 heteroatoms. The van der Waals surface area contributed by atoms with Crippen LogP contribution in [0.5, 0.6) is 0 Å². The van der Waals surface area contributed by atoms with Gasteiger partial charge < -0.3 is 10.1 Å². The highest BCUT2D eigenvalue weighted by Gasteiger charge is 2.12. The van der Waals surface area contributed by atoms with Crippen LogP contribution in [0.2, 0.25) is 0 Å². The summed E-state index contributed by atoms with van der Waals surface area (Å²) in [7, 11) is 0. The third kappa shape index (κ3) is 4.44. The van der Waals surface area contributed by atoms with Crippen LogP contribution >= 0.6 is 0 Å². The molecule has 1 heterocycles. The second kappa shape index (κ2) is 5.40. The zero-order valence-electron chi connectivity index (χ0n) is 8.97. The molecule has 0 amide bonds. The quantitative estimate of drug-likeness (QED) is 0.673. The van der Waals surface area contributed by atoms with E-state index in [1.807, 2.05) is 0 Å². The molecule has 0 spiro atoms. The van der Waals surface area contributed by atoms with Gasteiger partial charge in [-0.2, -0.15) is 0 Å². The van der Waals surface area contributed by atoms with Gasteiger partial charge in [-0.25, -0.2) is 0 Å². The maximum atomic E-state index is 5.32. The summed E-state index contributed by atoms with van der Waals surface area (Å²) in [6.07, 6.45) is 3.54. The Balaban J connectivity index is 2.24. The molecule has 1 aliphatic heterocycles. The molecular formula is C11H21NO. The molecule has 1 aliphatic rings. The lowest BCUT2D eigenvalue weighted by Gasteiger charge is -2.09. The van der Waals surface area contributed by atoms with Crippen molar-refractivity contribution >= 4 is 0 Å². The normalized spacial score (nSPS) is 24.3. The highest BCUT2D eigenvalue weighted by molar-refractivity contribution is 5.04. The van der Waals surface area contributed by atoms with Crippen LogP contribution in [0.3, 0.4) is 0 Å². The molecule has 0 aliphatic carbocycles. The van der Waals surface area contributed by atoms with Gasteiger partial charge in [0.15, 0.2) is 0 Å². The highest BCUT2D eigenvalue weighted by atomic mass is 16.5. The lowest BCUT2D eigenvalue weighted by Crippen LogP contribution is -2.24. The fourth-order valence-corrected chi connectivity index (χ4v) is 1.51. The Hall–Kier alpha value is -0.340. The van der Waals surface area contributed by atoms with Crippen LogP contribution in [0.4, 0.5) is 0 Å². The predicted octanol–water partition coefficient (Wildman–Crippen LogP) is 1.97. The predicted molar refractivity (Wildman–Crippen MR) is 55.8 cm³/mol. The third-order valence-corrected chi connectivity index (χ3v) is 2.27. The van der Waals surface area contributed by atoms with Gasteiger partial charge in [0.2, 0.25) is 0 Å². The third-order valence-electron chi connectivity index (χ3n) is 2.27. The molecule has 1 fully saturated rings. The molecule has 0 aromatic rings. The lowest BCUT2D eigenvalue weighted by molar-refractivity contribution is 0.191. The van der Waals surface area contributed by atoms with Crippen molar-refractivity contribution in [2.75, 3.05) is 19.8 Å². The zero-order valence-corrected chi connectivity index (χ0v) is 8.97. The van der Waals surface area contributed by atoms with Gasteiger partial charge >= 0.3 is 0 Å². The van der Waals surface area contributed by atoms with Crippen molar-refractivity contribution < 1.29 is 4.74 Å². The van der Waals surface area contributed by atoms with Crippen molar-refractivity contribution in [1.29, 1.82) is 0 Å². The largest absolute Gasteiger partial charge is 0.381 e. The average Bonchev–Trinajstić information content (AvgIpc) is 2.53. The molecule has 2 nitrogen and oxygen atoms in total. The summed E-state index contributed by atoms with van der Waals surface area (Å²) >= 11 is 0. The zero-order chi connectivity index (χ0) is 9.68. The topological polar surface area (TPSA) is 21.3 Å². The first-order valence-electron chi connectivity index (χ1n) is 5.17. The van der Waals surface area contributed by atoms with Crippen LogP contribution in [0, 0.1) is 5.92 Å². The minimum Gasteiger partial charge on any atom is -0.381 e. The van der Waals surface area contributed by atoms with Crippen molar-refractivity contribution in [3.8, 4) is 0 Å². The van der Waals surface area contributed by atoms with E-state index in [2.05, 4.69) is 32.2 Å². The fraction of sp³-hybridized carbons (Fsp3) is 0.818. The van der Waals surface area contributed by atoms with Crippen molar-refractivity contribution in [2.24, 2.45) is 5.92 Å². The molecule has 13 heavy (non-hydrogen) atoms. The summed E-state index contributed by atoms with van der Waals surface area (Å²) in [5.74, 6) is 0.661. The second-order valence-electron chi connectivity index (χ2n) is 4.17. The Labute approximate surface area is 81.4 Å². The molecule has 1 N–H and O–H groups in total. The van der Waals surface area contributed by atoms with Crippen LogP contribution in [-0.4, -0.2) is 25.8 Å². The summed E-state index contributed by atoms with van der Waals surface area (Å²) in [6.45, 7) is 9.39. The van der Waals surface area contributed by atoms with Crippen molar-refractivity contribution in [1.82, 2.24) is 5.32 Å². The van der Waals surface area contributed by atoms with E-state index in [4.69, 9.17) is 4.74 Å². The minimum atomic E-state index is 0.572. The number of nitrogens with one attached hydrogen (secondary N) is 1. The number of hydrogen-bond acceptors (Lipinski definition) is 2. The number of rotatable bonds is 4. The van der Waals surface area contributed by atoms with Gasteiger partial charge in [-0.05, 0) is 13.3 Å². The van der Waals surface area contributed by atoms with E-state index in [1.165, 1.54) is 12.0 Å². The molecule has 0 aromatic carbocycles. The van der Waals surface area contributed by atoms with Gasteiger partial charge in [0.05, 0.1) is 6.61 Å². The first kappa shape index (κ1) is 10.7. The number of ether oxygens (including phenoxy) is 1. The molecule has 1 unspecified atom stereocenters.